The highest BCUT2D eigenvalue weighted by atomic mass is 16.5. The molecule has 0 unspecified atom stereocenters. The molecule has 4 nitrogen and oxygen atoms in total. The molecule has 2 N–H and O–H groups in total. The molecule has 126 valence electrons. The van der Waals surface area contributed by atoms with Gasteiger partial charge in [0.15, 0.2) is 0 Å². The zero-order valence-corrected chi connectivity index (χ0v) is 14.4. The van der Waals surface area contributed by atoms with Gasteiger partial charge in [0.2, 0.25) is 0 Å². The second-order valence-corrected chi connectivity index (χ2v) is 5.33. The molecule has 2 rings (SSSR count). The average molecular weight is 324 g/mol. The van der Waals surface area contributed by atoms with E-state index in [-0.39, 0.29) is 6.03 Å². The molecular formula is C20H24N2O2. The number of aryl methyl sites for hydroxylation is 2. The SMILES string of the molecule is CCc1cccc(CC)c1NC(=O)N/C=C/c1ccccc1OC. The van der Waals surface area contributed by atoms with E-state index in [9.17, 15) is 4.79 Å². The van der Waals surface area contributed by atoms with Gasteiger partial charge in [-0.25, -0.2) is 4.79 Å². The number of para-hydroxylation sites is 2. The number of benzene rings is 2. The molecule has 0 fully saturated rings. The summed E-state index contributed by atoms with van der Waals surface area (Å²) in [4.78, 5) is 12.2. The second-order valence-electron chi connectivity index (χ2n) is 5.33. The number of methoxy groups -OCH3 is 1. The van der Waals surface area contributed by atoms with Crippen molar-refractivity contribution in [2.75, 3.05) is 12.4 Å². The third kappa shape index (κ3) is 4.38. The summed E-state index contributed by atoms with van der Waals surface area (Å²) in [6.45, 7) is 4.17. The van der Waals surface area contributed by atoms with Crippen LogP contribution in [-0.2, 0) is 12.8 Å². The standard InChI is InChI=1S/C20H24N2O2/c1-4-15-10-8-11-16(5-2)19(15)22-20(23)21-14-13-17-9-6-7-12-18(17)24-3/h6-14H,4-5H2,1-3H3,(H2,21,22,23)/b14-13+. The molecule has 0 radical (unpaired) electrons. The van der Waals surface area contributed by atoms with Gasteiger partial charge in [-0.3, -0.25) is 0 Å². The molecular weight excluding hydrogens is 300 g/mol. The Morgan fingerprint density at radius 1 is 1.04 bits per heavy atom. The highest BCUT2D eigenvalue weighted by molar-refractivity contribution is 5.92. The molecule has 0 saturated heterocycles. The van der Waals surface area contributed by atoms with Gasteiger partial charge >= 0.3 is 6.03 Å². The summed E-state index contributed by atoms with van der Waals surface area (Å²) < 4.78 is 5.28. The molecule has 0 saturated carbocycles. The van der Waals surface area contributed by atoms with Crippen molar-refractivity contribution >= 4 is 17.8 Å². The van der Waals surface area contributed by atoms with Crippen molar-refractivity contribution in [1.29, 1.82) is 0 Å². The van der Waals surface area contributed by atoms with Crippen LogP contribution in [0.5, 0.6) is 5.75 Å². The molecule has 2 aromatic carbocycles. The summed E-state index contributed by atoms with van der Waals surface area (Å²) in [6.07, 6.45) is 5.18. The Morgan fingerprint density at radius 3 is 2.33 bits per heavy atom. The number of hydrogen-bond donors (Lipinski definition) is 2. The first-order valence-corrected chi connectivity index (χ1v) is 8.17. The topological polar surface area (TPSA) is 50.4 Å². The van der Waals surface area contributed by atoms with Crippen molar-refractivity contribution in [3.8, 4) is 5.75 Å². The fourth-order valence-corrected chi connectivity index (χ4v) is 2.56. The highest BCUT2D eigenvalue weighted by Gasteiger charge is 2.08. The Balaban J connectivity index is 2.05. The van der Waals surface area contributed by atoms with Gasteiger partial charge in [0, 0.05) is 17.5 Å². The predicted molar refractivity (Wildman–Crippen MR) is 99.4 cm³/mol. The van der Waals surface area contributed by atoms with E-state index in [0.29, 0.717) is 0 Å². The van der Waals surface area contributed by atoms with Crippen molar-refractivity contribution in [2.24, 2.45) is 0 Å². The normalized spacial score (nSPS) is 10.6. The minimum Gasteiger partial charge on any atom is -0.496 e. The van der Waals surface area contributed by atoms with Crippen molar-refractivity contribution in [3.05, 3.63) is 65.4 Å². The van der Waals surface area contributed by atoms with E-state index in [4.69, 9.17) is 4.74 Å². The number of amides is 2. The second kappa shape index (κ2) is 8.77. The first kappa shape index (κ1) is 17.6. The molecule has 0 spiro atoms. The molecule has 2 aromatic rings. The number of nitrogens with one attached hydrogen (secondary N) is 2. The minimum atomic E-state index is -0.253. The zero-order chi connectivity index (χ0) is 17.4. The molecule has 0 aliphatic rings. The number of ether oxygens (including phenoxy) is 1. The Hall–Kier alpha value is -2.75. The maximum absolute atomic E-state index is 12.2. The van der Waals surface area contributed by atoms with Crippen LogP contribution in [-0.4, -0.2) is 13.1 Å². The van der Waals surface area contributed by atoms with Gasteiger partial charge in [0.25, 0.3) is 0 Å². The van der Waals surface area contributed by atoms with E-state index < -0.39 is 0 Å². The van der Waals surface area contributed by atoms with Gasteiger partial charge in [-0.2, -0.15) is 0 Å². The molecule has 4 heteroatoms. The van der Waals surface area contributed by atoms with Crippen LogP contribution in [0.1, 0.15) is 30.5 Å². The van der Waals surface area contributed by atoms with E-state index in [0.717, 1.165) is 41.0 Å². The van der Waals surface area contributed by atoms with Gasteiger partial charge < -0.3 is 15.4 Å². The molecule has 2 amide bonds. The lowest BCUT2D eigenvalue weighted by molar-refractivity contribution is 0.255. The van der Waals surface area contributed by atoms with Gasteiger partial charge in [-0.1, -0.05) is 50.2 Å². The summed E-state index contributed by atoms with van der Waals surface area (Å²) in [5.74, 6) is 0.764. The summed E-state index contributed by atoms with van der Waals surface area (Å²) in [7, 11) is 1.63. The van der Waals surface area contributed by atoms with Crippen molar-refractivity contribution in [2.45, 2.75) is 26.7 Å². The molecule has 0 aliphatic carbocycles. The molecule has 0 bridgehead atoms. The lowest BCUT2D eigenvalue weighted by Crippen LogP contribution is -2.25. The first-order valence-electron chi connectivity index (χ1n) is 8.17. The van der Waals surface area contributed by atoms with Crippen molar-refractivity contribution < 1.29 is 9.53 Å². The van der Waals surface area contributed by atoms with Gasteiger partial charge in [0.1, 0.15) is 5.75 Å². The molecule has 0 aliphatic heterocycles. The van der Waals surface area contributed by atoms with Crippen LogP contribution in [0.2, 0.25) is 0 Å². The summed E-state index contributed by atoms with van der Waals surface area (Å²) in [6, 6.07) is 13.5. The average Bonchev–Trinajstić information content (AvgIpc) is 2.62. The van der Waals surface area contributed by atoms with E-state index >= 15 is 0 Å². The Labute approximate surface area is 143 Å². The van der Waals surface area contributed by atoms with Gasteiger partial charge in [-0.15, -0.1) is 0 Å². The number of carbonyl (C=O) groups excluding carboxylic acids is 1. The summed E-state index contributed by atoms with van der Waals surface area (Å²) in [5.41, 5.74) is 4.09. The molecule has 0 atom stereocenters. The van der Waals surface area contributed by atoms with Crippen LogP contribution in [0.25, 0.3) is 6.08 Å². The number of urea groups is 1. The summed E-state index contributed by atoms with van der Waals surface area (Å²) >= 11 is 0. The minimum absolute atomic E-state index is 0.253. The van der Waals surface area contributed by atoms with E-state index in [1.165, 1.54) is 0 Å². The summed E-state index contributed by atoms with van der Waals surface area (Å²) in [5, 5.41) is 5.71. The largest absolute Gasteiger partial charge is 0.496 e. The van der Waals surface area contributed by atoms with E-state index in [1.54, 1.807) is 13.3 Å². The van der Waals surface area contributed by atoms with E-state index in [2.05, 4.69) is 24.5 Å². The van der Waals surface area contributed by atoms with Crippen molar-refractivity contribution in [3.63, 3.8) is 0 Å². The molecule has 0 heterocycles. The van der Waals surface area contributed by atoms with Crippen LogP contribution in [0, 0.1) is 0 Å². The third-order valence-corrected chi connectivity index (χ3v) is 3.85. The number of anilines is 1. The number of hydrogen-bond acceptors (Lipinski definition) is 2. The van der Waals surface area contributed by atoms with Crippen LogP contribution in [0.3, 0.4) is 0 Å². The van der Waals surface area contributed by atoms with Gasteiger partial charge in [-0.05, 0) is 36.1 Å². The quantitative estimate of drug-likeness (QED) is 0.815. The van der Waals surface area contributed by atoms with Crippen LogP contribution in [0.4, 0.5) is 10.5 Å². The lowest BCUT2D eigenvalue weighted by atomic mass is 10.0. The third-order valence-electron chi connectivity index (χ3n) is 3.85. The fourth-order valence-electron chi connectivity index (χ4n) is 2.56. The first-order chi connectivity index (χ1) is 11.7. The van der Waals surface area contributed by atoms with E-state index in [1.807, 2.05) is 48.5 Å². The zero-order valence-electron chi connectivity index (χ0n) is 14.4. The maximum atomic E-state index is 12.2. The Morgan fingerprint density at radius 2 is 1.71 bits per heavy atom. The monoisotopic (exact) mass is 324 g/mol. The maximum Gasteiger partial charge on any atom is 0.323 e. The smallest absolute Gasteiger partial charge is 0.323 e. The van der Waals surface area contributed by atoms with Crippen LogP contribution < -0.4 is 15.4 Å². The fraction of sp³-hybridized carbons (Fsp3) is 0.250. The Kier molecular flexibility index (Phi) is 6.43. The van der Waals surface area contributed by atoms with Crippen LogP contribution in [0.15, 0.2) is 48.7 Å². The predicted octanol–water partition coefficient (Wildman–Crippen LogP) is 4.61. The van der Waals surface area contributed by atoms with Crippen molar-refractivity contribution in [1.82, 2.24) is 5.32 Å². The highest BCUT2D eigenvalue weighted by Crippen LogP contribution is 2.22. The number of rotatable bonds is 6. The lowest BCUT2D eigenvalue weighted by Gasteiger charge is -2.14. The van der Waals surface area contributed by atoms with Gasteiger partial charge in [0.05, 0.1) is 7.11 Å². The number of carbonyl (C=O) groups is 1. The molecule has 24 heavy (non-hydrogen) atoms. The molecule has 0 aromatic heterocycles. The Bertz CT molecular complexity index is 701. The van der Waals surface area contributed by atoms with Crippen LogP contribution >= 0.6 is 0 Å².